The van der Waals surface area contributed by atoms with Crippen LogP contribution < -0.4 is 5.32 Å². The van der Waals surface area contributed by atoms with Crippen LogP contribution in [-0.4, -0.2) is 38.7 Å². The van der Waals surface area contributed by atoms with Crippen molar-refractivity contribution in [3.05, 3.63) is 53.6 Å². The third-order valence-electron chi connectivity index (χ3n) is 5.99. The second-order valence-corrected chi connectivity index (χ2v) is 7.96. The van der Waals surface area contributed by atoms with Crippen LogP contribution in [0.3, 0.4) is 0 Å². The monoisotopic (exact) mass is 394 g/mol. The summed E-state index contributed by atoms with van der Waals surface area (Å²) < 4.78 is 2.06. The number of imidazole rings is 1. The van der Waals surface area contributed by atoms with Crippen molar-refractivity contribution in [2.24, 2.45) is 11.8 Å². The van der Waals surface area contributed by atoms with E-state index in [1.807, 2.05) is 37.4 Å². The van der Waals surface area contributed by atoms with E-state index in [4.69, 9.17) is 0 Å². The molecule has 2 fully saturated rings. The molecule has 0 radical (unpaired) electrons. The van der Waals surface area contributed by atoms with E-state index in [1.165, 1.54) is 0 Å². The van der Waals surface area contributed by atoms with Gasteiger partial charge in [-0.25, -0.2) is 4.98 Å². The van der Waals surface area contributed by atoms with Gasteiger partial charge in [0.25, 0.3) is 0 Å². The van der Waals surface area contributed by atoms with E-state index >= 15 is 0 Å². The maximum atomic E-state index is 12.5. The number of carbonyl (C=O) groups is 3. The molecule has 1 saturated carbocycles. The lowest BCUT2D eigenvalue weighted by molar-refractivity contribution is -0.143. The first-order valence-corrected chi connectivity index (χ1v) is 10.2. The number of benzene rings is 1. The first-order chi connectivity index (χ1) is 14.0. The minimum absolute atomic E-state index is 0.174. The summed E-state index contributed by atoms with van der Waals surface area (Å²) in [4.78, 5) is 42.8. The maximum absolute atomic E-state index is 12.5. The molecular weight excluding hydrogens is 368 g/mol. The number of aromatic nitrogens is 2. The van der Waals surface area contributed by atoms with Crippen molar-refractivity contribution in [1.29, 1.82) is 0 Å². The molecule has 4 rings (SSSR count). The molecule has 1 aliphatic heterocycles. The Morgan fingerprint density at radius 1 is 1.14 bits per heavy atom. The van der Waals surface area contributed by atoms with Gasteiger partial charge < -0.3 is 9.88 Å². The normalized spacial score (nSPS) is 21.3. The standard InChI is InChI=1S/C22H26N4O3/c1-15-23-9-10-25(15)13-17-6-4-5-16(11-17)12-24-20(27)14-26-21(28)18-7-2-3-8-19(18)22(26)29/h4-6,9-11,18-19H,2-3,7-8,12-14H2,1H3,(H,24,27)/t18-,19-/m0/s1. The average Bonchev–Trinajstić information content (AvgIpc) is 3.23. The zero-order chi connectivity index (χ0) is 20.4. The molecule has 2 aliphatic rings. The second-order valence-electron chi connectivity index (χ2n) is 7.96. The number of amides is 3. The quantitative estimate of drug-likeness (QED) is 0.760. The van der Waals surface area contributed by atoms with Crippen LogP contribution in [0.25, 0.3) is 0 Å². The highest BCUT2D eigenvalue weighted by molar-refractivity contribution is 6.07. The van der Waals surface area contributed by atoms with Crippen LogP contribution in [0, 0.1) is 18.8 Å². The van der Waals surface area contributed by atoms with Crippen molar-refractivity contribution < 1.29 is 14.4 Å². The number of fused-ring (bicyclic) bond motifs is 1. The minimum Gasteiger partial charge on any atom is -0.350 e. The molecule has 2 aromatic rings. The molecule has 3 amide bonds. The number of imide groups is 1. The molecular formula is C22H26N4O3. The van der Waals surface area contributed by atoms with Gasteiger partial charge in [0.15, 0.2) is 0 Å². The molecule has 1 aromatic carbocycles. The van der Waals surface area contributed by atoms with Crippen LogP contribution in [0.5, 0.6) is 0 Å². The second kappa shape index (κ2) is 8.19. The lowest BCUT2D eigenvalue weighted by Gasteiger charge is -2.19. The molecule has 0 unspecified atom stereocenters. The predicted molar refractivity (Wildman–Crippen MR) is 107 cm³/mol. The summed E-state index contributed by atoms with van der Waals surface area (Å²) in [6.07, 6.45) is 7.19. The van der Waals surface area contributed by atoms with Gasteiger partial charge in [-0.2, -0.15) is 0 Å². The Kier molecular flexibility index (Phi) is 5.47. The number of likely N-dealkylation sites (tertiary alicyclic amines) is 1. The largest absolute Gasteiger partial charge is 0.350 e. The number of aryl methyl sites for hydroxylation is 1. The van der Waals surface area contributed by atoms with E-state index in [2.05, 4.69) is 14.9 Å². The van der Waals surface area contributed by atoms with Crippen molar-refractivity contribution in [3.8, 4) is 0 Å². The van der Waals surface area contributed by atoms with Crippen molar-refractivity contribution in [2.45, 2.75) is 45.7 Å². The van der Waals surface area contributed by atoms with Crippen LogP contribution in [0.15, 0.2) is 36.7 Å². The number of carbonyl (C=O) groups excluding carboxylic acids is 3. The Bertz CT molecular complexity index is 912. The Labute approximate surface area is 170 Å². The number of nitrogens with one attached hydrogen (secondary N) is 1. The molecule has 1 N–H and O–H groups in total. The highest BCUT2D eigenvalue weighted by Crippen LogP contribution is 2.37. The maximum Gasteiger partial charge on any atom is 0.240 e. The van der Waals surface area contributed by atoms with E-state index in [1.54, 1.807) is 6.20 Å². The predicted octanol–water partition coefficient (Wildman–Crippen LogP) is 2.03. The van der Waals surface area contributed by atoms with Gasteiger partial charge in [-0.1, -0.05) is 37.1 Å². The lowest BCUT2D eigenvalue weighted by atomic mass is 9.81. The summed E-state index contributed by atoms with van der Waals surface area (Å²) in [6.45, 7) is 2.85. The Morgan fingerprint density at radius 2 is 1.83 bits per heavy atom. The Balaban J connectivity index is 1.33. The van der Waals surface area contributed by atoms with Crippen LogP contribution in [0.1, 0.15) is 42.6 Å². The summed E-state index contributed by atoms with van der Waals surface area (Å²) in [5.41, 5.74) is 2.09. The number of nitrogens with zero attached hydrogens (tertiary/aromatic N) is 3. The SMILES string of the molecule is Cc1nccn1Cc1cccc(CNC(=O)CN2C(=O)[C@H]3CCCC[C@@H]3C2=O)c1. The van der Waals surface area contributed by atoms with Gasteiger partial charge in [-0.05, 0) is 30.9 Å². The number of rotatable bonds is 6. The van der Waals surface area contributed by atoms with Gasteiger partial charge >= 0.3 is 0 Å². The van der Waals surface area contributed by atoms with E-state index in [0.29, 0.717) is 13.1 Å². The summed E-state index contributed by atoms with van der Waals surface area (Å²) in [7, 11) is 0. The minimum atomic E-state index is -0.304. The molecule has 152 valence electrons. The van der Waals surface area contributed by atoms with Gasteiger partial charge in [0.05, 0.1) is 11.8 Å². The fraction of sp³-hybridized carbons (Fsp3) is 0.455. The van der Waals surface area contributed by atoms with Gasteiger partial charge in [0, 0.05) is 25.5 Å². The van der Waals surface area contributed by atoms with Crippen LogP contribution in [-0.2, 0) is 27.5 Å². The molecule has 2 heterocycles. The molecule has 0 spiro atoms. The van der Waals surface area contributed by atoms with E-state index in [-0.39, 0.29) is 36.1 Å². The van der Waals surface area contributed by atoms with Crippen LogP contribution in [0.2, 0.25) is 0 Å². The van der Waals surface area contributed by atoms with Crippen molar-refractivity contribution in [3.63, 3.8) is 0 Å². The molecule has 7 heteroatoms. The number of hydrogen-bond acceptors (Lipinski definition) is 4. The molecule has 2 atom stereocenters. The van der Waals surface area contributed by atoms with Gasteiger partial charge in [0.2, 0.25) is 17.7 Å². The van der Waals surface area contributed by atoms with Gasteiger partial charge in [0.1, 0.15) is 12.4 Å². The fourth-order valence-corrected chi connectivity index (χ4v) is 4.39. The number of hydrogen-bond donors (Lipinski definition) is 1. The Hall–Kier alpha value is -2.96. The van der Waals surface area contributed by atoms with E-state index < -0.39 is 0 Å². The first kappa shape index (κ1) is 19.4. The zero-order valence-corrected chi connectivity index (χ0v) is 16.6. The molecule has 1 aromatic heterocycles. The average molecular weight is 394 g/mol. The van der Waals surface area contributed by atoms with E-state index in [9.17, 15) is 14.4 Å². The molecule has 1 aliphatic carbocycles. The van der Waals surface area contributed by atoms with Crippen LogP contribution >= 0.6 is 0 Å². The zero-order valence-electron chi connectivity index (χ0n) is 16.6. The molecule has 0 bridgehead atoms. The summed E-state index contributed by atoms with van der Waals surface area (Å²) in [5, 5.41) is 2.84. The molecule has 1 saturated heterocycles. The molecule has 29 heavy (non-hydrogen) atoms. The highest BCUT2D eigenvalue weighted by atomic mass is 16.2. The summed E-state index contributed by atoms with van der Waals surface area (Å²) >= 11 is 0. The topological polar surface area (TPSA) is 84.3 Å². The van der Waals surface area contributed by atoms with Crippen LogP contribution in [0.4, 0.5) is 0 Å². The highest BCUT2D eigenvalue weighted by Gasteiger charge is 2.48. The smallest absolute Gasteiger partial charge is 0.240 e. The summed E-state index contributed by atoms with van der Waals surface area (Å²) in [6, 6.07) is 7.99. The summed E-state index contributed by atoms with van der Waals surface area (Å²) in [5.74, 6) is -0.134. The van der Waals surface area contributed by atoms with Crippen molar-refractivity contribution >= 4 is 17.7 Å². The van der Waals surface area contributed by atoms with Crippen molar-refractivity contribution in [2.75, 3.05) is 6.54 Å². The van der Waals surface area contributed by atoms with E-state index in [0.717, 1.165) is 47.5 Å². The third-order valence-corrected chi connectivity index (χ3v) is 5.99. The lowest BCUT2D eigenvalue weighted by Crippen LogP contribution is -2.40. The first-order valence-electron chi connectivity index (χ1n) is 10.2. The third kappa shape index (κ3) is 4.09. The molecule has 7 nitrogen and oxygen atoms in total. The fourth-order valence-electron chi connectivity index (χ4n) is 4.39. The van der Waals surface area contributed by atoms with Gasteiger partial charge in [-0.3, -0.25) is 19.3 Å². The Morgan fingerprint density at radius 3 is 2.48 bits per heavy atom. The van der Waals surface area contributed by atoms with Crippen molar-refractivity contribution in [1.82, 2.24) is 19.8 Å². The van der Waals surface area contributed by atoms with Gasteiger partial charge in [-0.15, -0.1) is 0 Å².